The second-order valence-corrected chi connectivity index (χ2v) is 7.32. The molecule has 12 heteroatoms. The number of aromatic hydroxyl groups is 3. The second kappa shape index (κ2) is 8.26. The molecule has 3 aromatic rings. The van der Waals surface area contributed by atoms with E-state index in [1.807, 2.05) is 0 Å². The number of carboxylic acid groups (broad SMARTS) is 1. The molecular formula is C21H18O12. The summed E-state index contributed by atoms with van der Waals surface area (Å²) in [5.41, 5.74) is -0.539. The van der Waals surface area contributed by atoms with E-state index in [-0.39, 0.29) is 22.5 Å². The molecule has 1 saturated heterocycles. The first-order valence-electron chi connectivity index (χ1n) is 9.49. The lowest BCUT2D eigenvalue weighted by molar-refractivity contribution is -0.271. The van der Waals surface area contributed by atoms with Crippen molar-refractivity contribution in [2.75, 3.05) is 0 Å². The van der Waals surface area contributed by atoms with Gasteiger partial charge in [-0.1, -0.05) is 0 Å². The predicted molar refractivity (Wildman–Crippen MR) is 108 cm³/mol. The third kappa shape index (κ3) is 3.91. The molecule has 174 valence electrons. The minimum atomic E-state index is -1.96. The van der Waals surface area contributed by atoms with Crippen molar-refractivity contribution >= 4 is 16.9 Å². The highest BCUT2D eigenvalue weighted by Gasteiger charge is 2.48. The highest BCUT2D eigenvalue weighted by molar-refractivity contribution is 5.89. The Morgan fingerprint density at radius 2 is 1.58 bits per heavy atom. The predicted octanol–water partition coefficient (Wildman–Crippen LogP) is -0.152. The van der Waals surface area contributed by atoms with Crippen molar-refractivity contribution in [1.29, 1.82) is 0 Å². The van der Waals surface area contributed by atoms with Crippen molar-refractivity contribution in [2.45, 2.75) is 30.7 Å². The van der Waals surface area contributed by atoms with Crippen LogP contribution in [0.25, 0.3) is 22.3 Å². The van der Waals surface area contributed by atoms with Crippen LogP contribution in [-0.2, 0) is 9.53 Å². The SMILES string of the molecule is O=C(O)[C@@H]1O[C@@H](Oc2cc3oc(-c4ccc(O)cc4)cc(=O)c3c(O)c2O)[C@@H](O)[C@H](O)[C@H]1O. The van der Waals surface area contributed by atoms with Gasteiger partial charge in [0.2, 0.25) is 12.0 Å². The number of ether oxygens (including phenoxy) is 2. The first-order valence-corrected chi connectivity index (χ1v) is 9.49. The summed E-state index contributed by atoms with van der Waals surface area (Å²) in [7, 11) is 0. The Labute approximate surface area is 183 Å². The summed E-state index contributed by atoms with van der Waals surface area (Å²) in [6.45, 7) is 0. The second-order valence-electron chi connectivity index (χ2n) is 7.32. The Balaban J connectivity index is 1.76. The normalized spacial score (nSPS) is 25.1. The van der Waals surface area contributed by atoms with E-state index in [1.54, 1.807) is 0 Å². The van der Waals surface area contributed by atoms with Crippen LogP contribution < -0.4 is 10.2 Å². The highest BCUT2D eigenvalue weighted by atomic mass is 16.7. The molecular weight excluding hydrogens is 444 g/mol. The van der Waals surface area contributed by atoms with Crippen LogP contribution in [-0.4, -0.2) is 72.4 Å². The van der Waals surface area contributed by atoms with E-state index in [0.717, 1.165) is 12.1 Å². The van der Waals surface area contributed by atoms with Crippen LogP contribution >= 0.6 is 0 Å². The number of carboxylic acids is 1. The molecule has 7 N–H and O–H groups in total. The van der Waals surface area contributed by atoms with Crippen LogP contribution in [0.4, 0.5) is 0 Å². The van der Waals surface area contributed by atoms with Crippen LogP contribution in [0.1, 0.15) is 0 Å². The number of fused-ring (bicyclic) bond motifs is 1. The maximum absolute atomic E-state index is 12.6. The summed E-state index contributed by atoms with van der Waals surface area (Å²) >= 11 is 0. The minimum absolute atomic E-state index is 0.0156. The molecule has 12 nitrogen and oxygen atoms in total. The van der Waals surface area contributed by atoms with Gasteiger partial charge in [0.15, 0.2) is 23.0 Å². The molecule has 33 heavy (non-hydrogen) atoms. The van der Waals surface area contributed by atoms with Gasteiger partial charge < -0.3 is 49.6 Å². The molecule has 1 aromatic heterocycles. The summed E-state index contributed by atoms with van der Waals surface area (Å²) in [6, 6.07) is 7.74. The van der Waals surface area contributed by atoms with Crippen molar-refractivity contribution in [3.05, 3.63) is 46.6 Å². The highest BCUT2D eigenvalue weighted by Crippen LogP contribution is 2.42. The Morgan fingerprint density at radius 1 is 0.909 bits per heavy atom. The first-order chi connectivity index (χ1) is 15.6. The average Bonchev–Trinajstić information content (AvgIpc) is 2.77. The zero-order valence-electron chi connectivity index (χ0n) is 16.5. The fourth-order valence-electron chi connectivity index (χ4n) is 3.40. The summed E-state index contributed by atoms with van der Waals surface area (Å²) in [5, 5.41) is 68.6. The van der Waals surface area contributed by atoms with Gasteiger partial charge in [0, 0.05) is 17.7 Å². The molecule has 0 bridgehead atoms. The van der Waals surface area contributed by atoms with Crippen molar-refractivity contribution in [3.8, 4) is 34.3 Å². The molecule has 0 radical (unpaired) electrons. The minimum Gasteiger partial charge on any atom is -0.508 e. The molecule has 1 aliphatic rings. The van der Waals surface area contributed by atoms with Crippen molar-refractivity contribution in [1.82, 2.24) is 0 Å². The zero-order valence-corrected chi connectivity index (χ0v) is 16.5. The number of hydrogen-bond donors (Lipinski definition) is 7. The van der Waals surface area contributed by atoms with Gasteiger partial charge in [0.25, 0.3) is 0 Å². The molecule has 0 unspecified atom stereocenters. The van der Waals surface area contributed by atoms with Gasteiger partial charge in [-0.2, -0.15) is 0 Å². The van der Waals surface area contributed by atoms with Crippen LogP contribution in [0, 0.1) is 0 Å². The Hall–Kier alpha value is -3.84. The van der Waals surface area contributed by atoms with Crippen LogP contribution in [0.2, 0.25) is 0 Å². The summed E-state index contributed by atoms with van der Waals surface area (Å²) in [4.78, 5) is 23.8. The molecule has 1 aliphatic heterocycles. The van der Waals surface area contributed by atoms with Gasteiger partial charge in [-0.15, -0.1) is 0 Å². The number of rotatable bonds is 4. The summed E-state index contributed by atoms with van der Waals surface area (Å²) in [6.07, 6.45) is -9.67. The topological polar surface area (TPSA) is 207 Å². The fourth-order valence-corrected chi connectivity index (χ4v) is 3.40. The summed E-state index contributed by atoms with van der Waals surface area (Å²) in [5.74, 6) is -4.01. The fraction of sp³-hybridized carbons (Fsp3) is 0.238. The number of phenols is 3. The van der Waals surface area contributed by atoms with Crippen molar-refractivity contribution in [2.24, 2.45) is 0 Å². The monoisotopic (exact) mass is 462 g/mol. The summed E-state index contributed by atoms with van der Waals surface area (Å²) < 4.78 is 15.9. The first kappa shape index (κ1) is 22.4. The maximum atomic E-state index is 12.6. The van der Waals surface area contributed by atoms with Gasteiger partial charge >= 0.3 is 5.97 Å². The van der Waals surface area contributed by atoms with E-state index in [0.29, 0.717) is 5.56 Å². The van der Waals surface area contributed by atoms with Gasteiger partial charge in [-0.25, -0.2) is 4.79 Å². The molecule has 0 saturated carbocycles. The number of benzene rings is 2. The molecule has 1 fully saturated rings. The number of aliphatic carboxylic acids is 1. The van der Waals surface area contributed by atoms with Gasteiger partial charge in [-0.05, 0) is 24.3 Å². The van der Waals surface area contributed by atoms with Crippen molar-refractivity contribution in [3.63, 3.8) is 0 Å². The molecule has 0 amide bonds. The number of carbonyl (C=O) groups is 1. The molecule has 2 heterocycles. The van der Waals surface area contributed by atoms with E-state index in [1.165, 1.54) is 24.3 Å². The van der Waals surface area contributed by atoms with E-state index < -0.39 is 59.4 Å². The molecule has 4 rings (SSSR count). The largest absolute Gasteiger partial charge is 0.508 e. The Morgan fingerprint density at radius 3 is 2.21 bits per heavy atom. The molecule has 2 aromatic carbocycles. The number of hydrogen-bond acceptors (Lipinski definition) is 11. The van der Waals surface area contributed by atoms with Crippen LogP contribution in [0.15, 0.2) is 45.6 Å². The number of aliphatic hydroxyl groups excluding tert-OH is 3. The zero-order chi connectivity index (χ0) is 24.0. The van der Waals surface area contributed by atoms with Crippen molar-refractivity contribution < 1.29 is 54.4 Å². The lowest BCUT2D eigenvalue weighted by Crippen LogP contribution is -2.61. The van der Waals surface area contributed by atoms with Crippen LogP contribution in [0.5, 0.6) is 23.0 Å². The third-order valence-corrected chi connectivity index (χ3v) is 5.14. The standard InChI is InChI=1S/C21H18O12/c22-8-3-1-7(2-4-8)10-5-9(23)13-11(31-10)6-12(14(24)15(13)25)32-21-18(28)16(26)17(27)19(33-21)20(29)30/h1-6,16-19,21-22,24-28H,(H,29,30)/t16-,17-,18+,19-,21-/m1/s1. The molecule has 0 aliphatic carbocycles. The van der Waals surface area contributed by atoms with Crippen LogP contribution in [0.3, 0.4) is 0 Å². The molecule has 0 spiro atoms. The Kier molecular flexibility index (Phi) is 5.59. The smallest absolute Gasteiger partial charge is 0.335 e. The number of aliphatic hydroxyl groups is 3. The quantitative estimate of drug-likeness (QED) is 0.253. The lowest BCUT2D eigenvalue weighted by atomic mass is 9.99. The average molecular weight is 462 g/mol. The van der Waals surface area contributed by atoms with Gasteiger partial charge in [0.05, 0.1) is 0 Å². The molecule has 5 atom stereocenters. The van der Waals surface area contributed by atoms with Gasteiger partial charge in [-0.3, -0.25) is 4.79 Å². The van der Waals surface area contributed by atoms with E-state index in [9.17, 15) is 40.2 Å². The van der Waals surface area contributed by atoms with E-state index >= 15 is 0 Å². The third-order valence-electron chi connectivity index (χ3n) is 5.14. The van der Waals surface area contributed by atoms with Gasteiger partial charge in [0.1, 0.15) is 40.8 Å². The lowest BCUT2D eigenvalue weighted by Gasteiger charge is -2.38. The Bertz CT molecular complexity index is 1260. The maximum Gasteiger partial charge on any atom is 0.335 e. The number of phenolic OH excluding ortho intramolecular Hbond substituents is 3. The van der Waals surface area contributed by atoms with E-state index in [2.05, 4.69) is 0 Å². The van der Waals surface area contributed by atoms with E-state index in [4.69, 9.17) is 19.0 Å².